The highest BCUT2D eigenvalue weighted by molar-refractivity contribution is 5.88. The molecule has 3 aromatic rings. The molecule has 0 spiro atoms. The molecule has 5 rings (SSSR count). The summed E-state index contributed by atoms with van der Waals surface area (Å²) in [6, 6.07) is 5.85. The topological polar surface area (TPSA) is 98.3 Å². The van der Waals surface area contributed by atoms with Gasteiger partial charge >= 0.3 is 0 Å². The zero-order valence-corrected chi connectivity index (χ0v) is 18.0. The summed E-state index contributed by atoms with van der Waals surface area (Å²) in [5.41, 5.74) is 10.4. The van der Waals surface area contributed by atoms with Crippen LogP contribution in [0.3, 0.4) is 0 Å². The number of fused-ring (bicyclic) bond motifs is 2. The molecule has 0 saturated heterocycles. The molecule has 162 valence electrons. The van der Waals surface area contributed by atoms with E-state index in [0.717, 1.165) is 56.6 Å². The van der Waals surface area contributed by atoms with E-state index in [9.17, 15) is 4.79 Å². The molecule has 8 nitrogen and oxygen atoms in total. The number of nitrogens with one attached hydrogen (secondary N) is 1. The molecule has 31 heavy (non-hydrogen) atoms. The third kappa shape index (κ3) is 3.61. The molecule has 0 atom stereocenters. The number of aromatic nitrogens is 3. The Morgan fingerprint density at radius 3 is 2.77 bits per heavy atom. The van der Waals surface area contributed by atoms with Gasteiger partial charge in [0.25, 0.3) is 5.56 Å². The molecular weight excluding hydrogens is 392 g/mol. The maximum Gasteiger partial charge on any atom is 0.254 e. The summed E-state index contributed by atoms with van der Waals surface area (Å²) < 4.78 is 7.43. The van der Waals surface area contributed by atoms with Crippen molar-refractivity contribution in [3.05, 3.63) is 45.9 Å². The van der Waals surface area contributed by atoms with E-state index in [2.05, 4.69) is 34.4 Å². The average Bonchev–Trinajstić information content (AvgIpc) is 3.27. The Hall–Kier alpha value is -3.13. The molecule has 1 aromatic carbocycles. The average molecular weight is 421 g/mol. The van der Waals surface area contributed by atoms with Crippen molar-refractivity contribution in [2.45, 2.75) is 44.7 Å². The van der Waals surface area contributed by atoms with Gasteiger partial charge in [0.2, 0.25) is 5.95 Å². The Labute approximate surface area is 181 Å². The van der Waals surface area contributed by atoms with Crippen molar-refractivity contribution in [3.8, 4) is 5.75 Å². The van der Waals surface area contributed by atoms with Crippen molar-refractivity contribution in [2.75, 3.05) is 31.8 Å². The Kier molecular flexibility index (Phi) is 5.02. The first-order valence-corrected chi connectivity index (χ1v) is 10.9. The number of pyridine rings is 1. The number of nitrogens with zero attached hydrogens (tertiary/aromatic N) is 4. The summed E-state index contributed by atoms with van der Waals surface area (Å²) in [6.07, 6.45) is 6.92. The Balaban J connectivity index is 1.58. The Morgan fingerprint density at radius 2 is 2.00 bits per heavy atom. The summed E-state index contributed by atoms with van der Waals surface area (Å²) in [5, 5.41) is 4.02. The van der Waals surface area contributed by atoms with E-state index in [1.54, 1.807) is 17.9 Å². The molecule has 2 aromatic heterocycles. The molecule has 1 saturated carbocycles. The fourth-order valence-electron chi connectivity index (χ4n) is 4.84. The second-order valence-corrected chi connectivity index (χ2v) is 8.61. The van der Waals surface area contributed by atoms with Crippen molar-refractivity contribution in [1.82, 2.24) is 19.4 Å². The number of ether oxygens (including phenoxy) is 1. The number of benzene rings is 1. The number of rotatable bonds is 4. The van der Waals surface area contributed by atoms with Gasteiger partial charge in [-0.3, -0.25) is 9.36 Å². The number of nitrogens with two attached hydrogens (primary N) is 1. The van der Waals surface area contributed by atoms with E-state index < -0.39 is 0 Å². The third-order valence-corrected chi connectivity index (χ3v) is 6.49. The molecule has 3 heterocycles. The van der Waals surface area contributed by atoms with Crippen LogP contribution in [0.5, 0.6) is 5.75 Å². The SMILES string of the molecule is COc1cc2c(cc1Nc1ncc3c(N)cc(=O)n(C4CCCC4)c3n1)CN(C)CC2. The van der Waals surface area contributed by atoms with Gasteiger partial charge in [0.1, 0.15) is 5.75 Å². The lowest BCUT2D eigenvalue weighted by Crippen LogP contribution is -2.26. The summed E-state index contributed by atoms with van der Waals surface area (Å²) >= 11 is 0. The van der Waals surface area contributed by atoms with Crippen LogP contribution in [0.25, 0.3) is 11.0 Å². The van der Waals surface area contributed by atoms with Gasteiger partial charge in [0.15, 0.2) is 5.65 Å². The molecule has 0 radical (unpaired) electrons. The molecule has 3 N–H and O–H groups in total. The monoisotopic (exact) mass is 420 g/mol. The van der Waals surface area contributed by atoms with Crippen molar-refractivity contribution in [2.24, 2.45) is 0 Å². The van der Waals surface area contributed by atoms with Crippen LogP contribution in [-0.2, 0) is 13.0 Å². The van der Waals surface area contributed by atoms with Crippen LogP contribution >= 0.6 is 0 Å². The zero-order valence-electron chi connectivity index (χ0n) is 18.0. The standard InChI is InChI=1S/C23H28N6O2/c1-28-8-7-14-10-20(31-2)19(9-15(14)13-28)26-23-25-12-17-18(24)11-21(30)29(22(17)27-23)16-5-3-4-6-16/h9-12,16H,3-8,13,24H2,1-2H3,(H,25,26,27). The van der Waals surface area contributed by atoms with Gasteiger partial charge in [-0.25, -0.2) is 4.98 Å². The van der Waals surface area contributed by atoms with Gasteiger partial charge in [0.05, 0.1) is 18.2 Å². The molecule has 1 aliphatic heterocycles. The first kappa shape index (κ1) is 19.8. The second kappa shape index (κ2) is 7.85. The molecule has 2 aliphatic rings. The Bertz CT molecular complexity index is 1200. The minimum Gasteiger partial charge on any atom is -0.495 e. The predicted molar refractivity (Wildman–Crippen MR) is 122 cm³/mol. The van der Waals surface area contributed by atoms with Crippen molar-refractivity contribution < 1.29 is 4.74 Å². The maximum atomic E-state index is 12.8. The van der Waals surface area contributed by atoms with E-state index >= 15 is 0 Å². The van der Waals surface area contributed by atoms with Gasteiger partial charge in [-0.15, -0.1) is 0 Å². The second-order valence-electron chi connectivity index (χ2n) is 8.61. The molecule has 8 heteroatoms. The first-order valence-electron chi connectivity index (χ1n) is 10.9. The summed E-state index contributed by atoms with van der Waals surface area (Å²) in [7, 11) is 3.79. The van der Waals surface area contributed by atoms with Crippen LogP contribution in [0.1, 0.15) is 42.9 Å². The van der Waals surface area contributed by atoms with Crippen LogP contribution in [0, 0.1) is 0 Å². The lowest BCUT2D eigenvalue weighted by Gasteiger charge is -2.26. The van der Waals surface area contributed by atoms with Crippen LogP contribution < -0.4 is 21.3 Å². The summed E-state index contributed by atoms with van der Waals surface area (Å²) in [6.45, 7) is 1.93. The van der Waals surface area contributed by atoms with Crippen LogP contribution in [0.4, 0.5) is 17.3 Å². The molecular formula is C23H28N6O2. The van der Waals surface area contributed by atoms with Crippen molar-refractivity contribution in [1.29, 1.82) is 0 Å². The molecule has 1 fully saturated rings. The van der Waals surface area contributed by atoms with Crippen molar-refractivity contribution >= 4 is 28.4 Å². The largest absolute Gasteiger partial charge is 0.495 e. The van der Waals surface area contributed by atoms with E-state index in [1.807, 2.05) is 0 Å². The normalized spacial score (nSPS) is 17.1. The van der Waals surface area contributed by atoms with Gasteiger partial charge in [-0.2, -0.15) is 4.98 Å². The van der Waals surface area contributed by atoms with Gasteiger partial charge in [-0.1, -0.05) is 12.8 Å². The third-order valence-electron chi connectivity index (χ3n) is 6.49. The highest BCUT2D eigenvalue weighted by atomic mass is 16.5. The number of nitrogen functional groups attached to an aromatic ring is 1. The minimum atomic E-state index is -0.101. The van der Waals surface area contributed by atoms with E-state index in [4.69, 9.17) is 15.5 Å². The maximum absolute atomic E-state index is 12.8. The van der Waals surface area contributed by atoms with Gasteiger partial charge in [0, 0.05) is 37.1 Å². The first-order chi connectivity index (χ1) is 15.0. The lowest BCUT2D eigenvalue weighted by atomic mass is 9.99. The fraction of sp³-hybridized carbons (Fsp3) is 0.435. The summed E-state index contributed by atoms with van der Waals surface area (Å²) in [5.74, 6) is 1.18. The van der Waals surface area contributed by atoms with Crippen molar-refractivity contribution in [3.63, 3.8) is 0 Å². The van der Waals surface area contributed by atoms with Gasteiger partial charge in [-0.05, 0) is 49.6 Å². The van der Waals surface area contributed by atoms with E-state index in [-0.39, 0.29) is 11.6 Å². The van der Waals surface area contributed by atoms with Crippen LogP contribution in [-0.4, -0.2) is 40.1 Å². The smallest absolute Gasteiger partial charge is 0.254 e. The lowest BCUT2D eigenvalue weighted by molar-refractivity contribution is 0.312. The molecule has 1 aliphatic carbocycles. The van der Waals surface area contributed by atoms with E-state index in [1.165, 1.54) is 17.2 Å². The number of hydrogen-bond acceptors (Lipinski definition) is 7. The van der Waals surface area contributed by atoms with Gasteiger partial charge < -0.3 is 20.7 Å². The predicted octanol–water partition coefficient (Wildman–Crippen LogP) is 3.23. The van der Waals surface area contributed by atoms with Crippen LogP contribution in [0.15, 0.2) is 29.2 Å². The molecule has 0 unspecified atom stereocenters. The molecule has 0 amide bonds. The fourth-order valence-corrected chi connectivity index (χ4v) is 4.84. The number of likely N-dealkylation sites (N-methyl/N-ethyl adjacent to an activating group) is 1. The Morgan fingerprint density at radius 1 is 1.19 bits per heavy atom. The minimum absolute atomic E-state index is 0.101. The van der Waals surface area contributed by atoms with E-state index in [0.29, 0.717) is 22.7 Å². The number of methoxy groups -OCH3 is 1. The quantitative estimate of drug-likeness (QED) is 0.669. The highest BCUT2D eigenvalue weighted by Crippen LogP contribution is 2.34. The zero-order chi connectivity index (χ0) is 21.5. The van der Waals surface area contributed by atoms with Crippen LogP contribution in [0.2, 0.25) is 0 Å². The highest BCUT2D eigenvalue weighted by Gasteiger charge is 2.22. The summed E-state index contributed by atoms with van der Waals surface area (Å²) in [4.78, 5) is 24.3. The number of hydrogen-bond donors (Lipinski definition) is 2. The number of anilines is 3. The molecule has 0 bridgehead atoms.